The first-order valence-electron chi connectivity index (χ1n) is 5.74. The van der Waals surface area contributed by atoms with Crippen LogP contribution in [0.15, 0.2) is 40.9 Å². The minimum atomic E-state index is -0.256. The SMILES string of the molecule is Nc1c(Cl)cc(C(=O)NCc2cccc(Br)c2)cc1Cl. The Labute approximate surface area is 135 Å². The molecular formula is C14H11BrCl2N2O. The van der Waals surface area contributed by atoms with Crippen LogP contribution in [0.2, 0.25) is 10.0 Å². The summed E-state index contributed by atoms with van der Waals surface area (Å²) in [5.41, 5.74) is 7.27. The molecule has 3 N–H and O–H groups in total. The van der Waals surface area contributed by atoms with Gasteiger partial charge in [-0.25, -0.2) is 0 Å². The van der Waals surface area contributed by atoms with Crippen LogP contribution in [0.3, 0.4) is 0 Å². The zero-order valence-corrected chi connectivity index (χ0v) is 13.4. The first-order chi connectivity index (χ1) is 9.47. The molecule has 2 rings (SSSR count). The number of halogens is 3. The van der Waals surface area contributed by atoms with E-state index in [0.717, 1.165) is 10.0 Å². The molecule has 0 spiro atoms. The second-order valence-corrected chi connectivity index (χ2v) is 5.90. The van der Waals surface area contributed by atoms with Crippen LogP contribution in [0.25, 0.3) is 0 Å². The molecule has 0 radical (unpaired) electrons. The Kier molecular flexibility index (Phi) is 4.91. The van der Waals surface area contributed by atoms with Crippen molar-refractivity contribution in [2.45, 2.75) is 6.54 Å². The highest BCUT2D eigenvalue weighted by Gasteiger charge is 2.11. The van der Waals surface area contributed by atoms with E-state index in [1.807, 2.05) is 24.3 Å². The number of nitrogens with one attached hydrogen (secondary N) is 1. The van der Waals surface area contributed by atoms with E-state index < -0.39 is 0 Å². The summed E-state index contributed by atoms with van der Waals surface area (Å²) in [6.07, 6.45) is 0. The number of hydrogen-bond donors (Lipinski definition) is 2. The van der Waals surface area contributed by atoms with E-state index in [2.05, 4.69) is 21.2 Å². The average Bonchev–Trinajstić information content (AvgIpc) is 2.41. The van der Waals surface area contributed by atoms with Gasteiger partial charge in [0, 0.05) is 16.6 Å². The van der Waals surface area contributed by atoms with Gasteiger partial charge in [-0.05, 0) is 29.8 Å². The third-order valence-electron chi connectivity index (χ3n) is 2.68. The first-order valence-corrected chi connectivity index (χ1v) is 7.29. The summed E-state index contributed by atoms with van der Waals surface area (Å²) in [6.45, 7) is 0.415. The van der Waals surface area contributed by atoms with Crippen molar-refractivity contribution in [3.63, 3.8) is 0 Å². The van der Waals surface area contributed by atoms with Crippen molar-refractivity contribution in [3.8, 4) is 0 Å². The number of amides is 1. The van der Waals surface area contributed by atoms with Gasteiger partial charge in [0.2, 0.25) is 0 Å². The third-order valence-corrected chi connectivity index (χ3v) is 3.80. The predicted molar refractivity (Wildman–Crippen MR) is 86.2 cm³/mol. The van der Waals surface area contributed by atoms with Crippen LogP contribution >= 0.6 is 39.1 Å². The smallest absolute Gasteiger partial charge is 0.251 e. The molecule has 0 bridgehead atoms. The Balaban J connectivity index is 2.09. The lowest BCUT2D eigenvalue weighted by Crippen LogP contribution is -2.22. The molecule has 0 atom stereocenters. The largest absolute Gasteiger partial charge is 0.396 e. The van der Waals surface area contributed by atoms with Gasteiger partial charge in [-0.15, -0.1) is 0 Å². The molecule has 2 aromatic rings. The van der Waals surface area contributed by atoms with Crippen LogP contribution < -0.4 is 11.1 Å². The highest BCUT2D eigenvalue weighted by molar-refractivity contribution is 9.10. The standard InChI is InChI=1S/C14H11BrCl2N2O/c15-10-3-1-2-8(4-10)7-19-14(20)9-5-11(16)13(18)12(17)6-9/h1-6H,7,18H2,(H,19,20). The Bertz CT molecular complexity index is 638. The summed E-state index contributed by atoms with van der Waals surface area (Å²) in [5, 5.41) is 3.34. The van der Waals surface area contributed by atoms with E-state index in [1.165, 1.54) is 12.1 Å². The van der Waals surface area contributed by atoms with E-state index in [4.69, 9.17) is 28.9 Å². The molecule has 0 saturated heterocycles. The fraction of sp³-hybridized carbons (Fsp3) is 0.0714. The van der Waals surface area contributed by atoms with Crippen molar-refractivity contribution in [1.29, 1.82) is 0 Å². The lowest BCUT2D eigenvalue weighted by atomic mass is 10.1. The number of anilines is 1. The topological polar surface area (TPSA) is 55.1 Å². The van der Waals surface area contributed by atoms with Crippen molar-refractivity contribution in [2.75, 3.05) is 5.73 Å². The molecular weight excluding hydrogens is 363 g/mol. The highest BCUT2D eigenvalue weighted by Crippen LogP contribution is 2.28. The highest BCUT2D eigenvalue weighted by atomic mass is 79.9. The van der Waals surface area contributed by atoms with Crippen LogP contribution in [0.1, 0.15) is 15.9 Å². The van der Waals surface area contributed by atoms with Crippen molar-refractivity contribution in [2.24, 2.45) is 0 Å². The van der Waals surface area contributed by atoms with E-state index in [9.17, 15) is 4.79 Å². The van der Waals surface area contributed by atoms with Crippen molar-refractivity contribution < 1.29 is 4.79 Å². The second kappa shape index (κ2) is 6.48. The van der Waals surface area contributed by atoms with Gasteiger partial charge in [0.15, 0.2) is 0 Å². The Hall–Kier alpha value is -1.23. The number of nitrogens with two attached hydrogens (primary N) is 1. The maximum atomic E-state index is 12.0. The van der Waals surface area contributed by atoms with Crippen molar-refractivity contribution in [3.05, 3.63) is 62.0 Å². The maximum absolute atomic E-state index is 12.0. The van der Waals surface area contributed by atoms with Crippen LogP contribution in [-0.2, 0) is 6.54 Å². The van der Waals surface area contributed by atoms with Gasteiger partial charge in [-0.1, -0.05) is 51.3 Å². The van der Waals surface area contributed by atoms with Crippen LogP contribution in [0, 0.1) is 0 Å². The molecule has 0 aromatic heterocycles. The van der Waals surface area contributed by atoms with Crippen molar-refractivity contribution in [1.82, 2.24) is 5.32 Å². The second-order valence-electron chi connectivity index (χ2n) is 4.17. The number of carbonyl (C=O) groups is 1. The number of carbonyl (C=O) groups excluding carboxylic acids is 1. The molecule has 104 valence electrons. The van der Waals surface area contributed by atoms with E-state index in [1.54, 1.807) is 0 Å². The Morgan fingerprint density at radius 1 is 1.20 bits per heavy atom. The number of nitrogen functional groups attached to an aromatic ring is 1. The molecule has 3 nitrogen and oxygen atoms in total. The summed E-state index contributed by atoms with van der Waals surface area (Å²) in [5.74, 6) is -0.256. The molecule has 0 heterocycles. The minimum absolute atomic E-state index is 0.256. The Morgan fingerprint density at radius 2 is 1.85 bits per heavy atom. The maximum Gasteiger partial charge on any atom is 0.251 e. The number of rotatable bonds is 3. The predicted octanol–water partition coefficient (Wildman–Crippen LogP) is 4.27. The molecule has 0 saturated carbocycles. The van der Waals surface area contributed by atoms with Gasteiger partial charge in [0.25, 0.3) is 5.91 Å². The van der Waals surface area contributed by atoms with Crippen LogP contribution in [0.5, 0.6) is 0 Å². The van der Waals surface area contributed by atoms with E-state index in [-0.39, 0.29) is 21.6 Å². The van der Waals surface area contributed by atoms with E-state index in [0.29, 0.717) is 12.1 Å². The lowest BCUT2D eigenvalue weighted by molar-refractivity contribution is 0.0951. The van der Waals surface area contributed by atoms with Crippen LogP contribution in [0.4, 0.5) is 5.69 Å². The molecule has 0 aliphatic heterocycles. The summed E-state index contributed by atoms with van der Waals surface area (Å²) in [6, 6.07) is 10.7. The van der Waals surface area contributed by atoms with E-state index >= 15 is 0 Å². The molecule has 0 fully saturated rings. The molecule has 1 amide bonds. The molecule has 20 heavy (non-hydrogen) atoms. The summed E-state index contributed by atoms with van der Waals surface area (Å²) < 4.78 is 0.961. The van der Waals surface area contributed by atoms with Gasteiger partial charge in [-0.2, -0.15) is 0 Å². The van der Waals surface area contributed by atoms with Crippen molar-refractivity contribution >= 4 is 50.7 Å². The summed E-state index contributed by atoms with van der Waals surface area (Å²) >= 11 is 15.2. The average molecular weight is 374 g/mol. The summed E-state index contributed by atoms with van der Waals surface area (Å²) in [7, 11) is 0. The fourth-order valence-electron chi connectivity index (χ4n) is 1.65. The van der Waals surface area contributed by atoms with Gasteiger partial charge in [-0.3, -0.25) is 4.79 Å². The van der Waals surface area contributed by atoms with Crippen LogP contribution in [-0.4, -0.2) is 5.91 Å². The van der Waals surface area contributed by atoms with Gasteiger partial charge < -0.3 is 11.1 Å². The molecule has 2 aromatic carbocycles. The minimum Gasteiger partial charge on any atom is -0.396 e. The summed E-state index contributed by atoms with van der Waals surface area (Å²) in [4.78, 5) is 12.0. The quantitative estimate of drug-likeness (QED) is 0.789. The van der Waals surface area contributed by atoms with Gasteiger partial charge in [0.1, 0.15) is 0 Å². The normalized spacial score (nSPS) is 10.3. The monoisotopic (exact) mass is 372 g/mol. The zero-order chi connectivity index (χ0) is 14.7. The van der Waals surface area contributed by atoms with Gasteiger partial charge in [0.05, 0.1) is 15.7 Å². The molecule has 6 heteroatoms. The number of benzene rings is 2. The molecule has 0 aliphatic rings. The third kappa shape index (κ3) is 3.66. The first kappa shape index (κ1) is 15.2. The van der Waals surface area contributed by atoms with Gasteiger partial charge >= 0.3 is 0 Å². The molecule has 0 unspecified atom stereocenters. The fourth-order valence-corrected chi connectivity index (χ4v) is 2.58. The Morgan fingerprint density at radius 3 is 2.45 bits per heavy atom. The molecule has 0 aliphatic carbocycles. The number of hydrogen-bond acceptors (Lipinski definition) is 2. The lowest BCUT2D eigenvalue weighted by Gasteiger charge is -2.08. The zero-order valence-electron chi connectivity index (χ0n) is 10.3.